The molecular weight excluding hydrogens is 214 g/mol. The summed E-state index contributed by atoms with van der Waals surface area (Å²) in [6, 6.07) is 6.92. The Bertz CT molecular complexity index is 617. The lowest BCUT2D eigenvalue weighted by atomic mass is 10.1. The van der Waals surface area contributed by atoms with Gasteiger partial charge >= 0.3 is 0 Å². The number of hydrogen-bond acceptors (Lipinski definition) is 2. The van der Waals surface area contributed by atoms with Gasteiger partial charge in [0.05, 0.1) is 12.5 Å². The normalized spacial score (nSPS) is 9.47. The molecule has 0 radical (unpaired) electrons. The number of primary amides is 1. The average Bonchev–Trinajstić information content (AvgIpc) is 2.72. The van der Waals surface area contributed by atoms with Gasteiger partial charge in [0.15, 0.2) is 0 Å². The van der Waals surface area contributed by atoms with Gasteiger partial charge in [0.2, 0.25) is 5.91 Å². The number of carbonyl (C=O) groups excluding carboxylic acids is 1. The van der Waals surface area contributed by atoms with E-state index in [2.05, 4.69) is 16.8 Å². The fraction of sp³-hybridized carbons (Fsp3) is 0.0769. The Morgan fingerprint density at radius 1 is 1.41 bits per heavy atom. The number of nitrogens with two attached hydrogens (primary N) is 1. The summed E-state index contributed by atoms with van der Waals surface area (Å²) in [5.74, 6) is 5.49. The molecule has 0 aliphatic rings. The molecule has 1 heterocycles. The van der Waals surface area contributed by atoms with Crippen molar-refractivity contribution in [3.63, 3.8) is 0 Å². The molecule has 1 aromatic heterocycles. The van der Waals surface area contributed by atoms with Crippen LogP contribution in [-0.2, 0) is 7.05 Å². The number of rotatable bonds is 1. The van der Waals surface area contributed by atoms with Crippen molar-refractivity contribution in [2.75, 3.05) is 0 Å². The lowest BCUT2D eigenvalue weighted by molar-refractivity contribution is 0.100. The highest BCUT2D eigenvalue weighted by Crippen LogP contribution is 2.03. The van der Waals surface area contributed by atoms with Crippen LogP contribution in [0, 0.1) is 11.8 Å². The van der Waals surface area contributed by atoms with E-state index in [1.165, 1.54) is 0 Å². The summed E-state index contributed by atoms with van der Waals surface area (Å²) in [5, 5.41) is 0. The number of nitrogens with zero attached hydrogens (tertiary/aromatic N) is 2. The molecular formula is C13H11N3O. The van der Waals surface area contributed by atoms with Crippen LogP contribution >= 0.6 is 0 Å². The lowest BCUT2D eigenvalue weighted by Crippen LogP contribution is -2.10. The number of aryl methyl sites for hydroxylation is 1. The van der Waals surface area contributed by atoms with Gasteiger partial charge in [-0.3, -0.25) is 4.79 Å². The molecule has 0 bridgehead atoms. The van der Waals surface area contributed by atoms with Crippen LogP contribution in [0.25, 0.3) is 0 Å². The highest BCUT2D eigenvalue weighted by molar-refractivity contribution is 5.93. The fourth-order valence-electron chi connectivity index (χ4n) is 1.36. The Morgan fingerprint density at radius 2 is 2.24 bits per heavy atom. The monoisotopic (exact) mass is 225 g/mol. The molecule has 0 saturated heterocycles. The number of imidazole rings is 1. The van der Waals surface area contributed by atoms with Gasteiger partial charge in [0, 0.05) is 18.2 Å². The van der Waals surface area contributed by atoms with E-state index in [1.807, 2.05) is 17.7 Å². The summed E-state index contributed by atoms with van der Waals surface area (Å²) < 4.78 is 1.82. The Labute approximate surface area is 99.1 Å². The third kappa shape index (κ3) is 2.52. The predicted octanol–water partition coefficient (Wildman–Crippen LogP) is 0.919. The molecule has 1 aromatic carbocycles. The van der Waals surface area contributed by atoms with Crippen molar-refractivity contribution in [1.82, 2.24) is 9.55 Å². The van der Waals surface area contributed by atoms with Gasteiger partial charge in [0.25, 0.3) is 0 Å². The molecule has 4 nitrogen and oxygen atoms in total. The second-order valence-electron chi connectivity index (χ2n) is 3.58. The standard InChI is InChI=1S/C13H11N3O/c1-16-9-15-8-12(16)6-5-10-3-2-4-11(7-10)13(14)17/h2-4,7-9H,1H3,(H2,14,17). The predicted molar refractivity (Wildman–Crippen MR) is 64.1 cm³/mol. The third-order valence-corrected chi connectivity index (χ3v) is 2.30. The van der Waals surface area contributed by atoms with Crippen molar-refractivity contribution in [3.8, 4) is 11.8 Å². The highest BCUT2D eigenvalue weighted by Gasteiger charge is 1.99. The number of hydrogen-bond donors (Lipinski definition) is 1. The Morgan fingerprint density at radius 3 is 2.88 bits per heavy atom. The molecule has 0 fully saturated rings. The zero-order valence-corrected chi connectivity index (χ0v) is 9.34. The Balaban J connectivity index is 2.31. The second-order valence-corrected chi connectivity index (χ2v) is 3.58. The maximum Gasteiger partial charge on any atom is 0.248 e. The summed E-state index contributed by atoms with van der Waals surface area (Å²) >= 11 is 0. The number of benzene rings is 1. The SMILES string of the molecule is Cn1cncc1C#Cc1cccc(C(N)=O)c1. The van der Waals surface area contributed by atoms with E-state index in [-0.39, 0.29) is 0 Å². The molecule has 0 unspecified atom stereocenters. The van der Waals surface area contributed by atoms with Gasteiger partial charge in [0.1, 0.15) is 5.69 Å². The molecule has 2 aromatic rings. The summed E-state index contributed by atoms with van der Waals surface area (Å²) in [7, 11) is 1.87. The number of aromatic nitrogens is 2. The van der Waals surface area contributed by atoms with Crippen molar-refractivity contribution in [3.05, 3.63) is 53.6 Å². The first kappa shape index (κ1) is 11.0. The highest BCUT2D eigenvalue weighted by atomic mass is 16.1. The molecule has 0 aliphatic heterocycles. The molecule has 0 spiro atoms. The van der Waals surface area contributed by atoms with E-state index in [0.29, 0.717) is 5.56 Å². The topological polar surface area (TPSA) is 60.9 Å². The van der Waals surface area contributed by atoms with Crippen LogP contribution < -0.4 is 5.73 Å². The van der Waals surface area contributed by atoms with Crippen LogP contribution in [0.1, 0.15) is 21.6 Å². The van der Waals surface area contributed by atoms with E-state index in [4.69, 9.17) is 5.73 Å². The van der Waals surface area contributed by atoms with E-state index >= 15 is 0 Å². The minimum atomic E-state index is -0.450. The first-order chi connectivity index (χ1) is 8.16. The van der Waals surface area contributed by atoms with Gasteiger partial charge in [-0.05, 0) is 24.1 Å². The smallest absolute Gasteiger partial charge is 0.248 e. The minimum Gasteiger partial charge on any atom is -0.366 e. The minimum absolute atomic E-state index is 0.450. The van der Waals surface area contributed by atoms with Gasteiger partial charge < -0.3 is 10.3 Å². The van der Waals surface area contributed by atoms with Crippen LogP contribution in [0.15, 0.2) is 36.8 Å². The van der Waals surface area contributed by atoms with Crippen LogP contribution in [0.4, 0.5) is 0 Å². The maximum absolute atomic E-state index is 11.0. The average molecular weight is 225 g/mol. The van der Waals surface area contributed by atoms with Crippen molar-refractivity contribution in [1.29, 1.82) is 0 Å². The molecule has 17 heavy (non-hydrogen) atoms. The van der Waals surface area contributed by atoms with Gasteiger partial charge in [-0.1, -0.05) is 12.0 Å². The first-order valence-electron chi connectivity index (χ1n) is 5.05. The molecule has 0 aliphatic carbocycles. The third-order valence-electron chi connectivity index (χ3n) is 2.30. The van der Waals surface area contributed by atoms with Crippen molar-refractivity contribution in [2.45, 2.75) is 0 Å². The molecule has 1 amide bonds. The molecule has 0 atom stereocenters. The molecule has 2 rings (SSSR count). The van der Waals surface area contributed by atoms with Crippen LogP contribution in [0.2, 0.25) is 0 Å². The van der Waals surface area contributed by atoms with E-state index in [9.17, 15) is 4.79 Å². The van der Waals surface area contributed by atoms with Crippen molar-refractivity contribution < 1.29 is 4.79 Å². The molecule has 84 valence electrons. The number of carbonyl (C=O) groups is 1. The summed E-state index contributed by atoms with van der Waals surface area (Å²) in [5.41, 5.74) is 7.22. The van der Waals surface area contributed by atoms with Crippen molar-refractivity contribution >= 4 is 5.91 Å². The quantitative estimate of drug-likeness (QED) is 0.733. The zero-order chi connectivity index (χ0) is 12.3. The van der Waals surface area contributed by atoms with E-state index in [0.717, 1.165) is 11.3 Å². The summed E-state index contributed by atoms with van der Waals surface area (Å²) in [6.07, 6.45) is 3.37. The zero-order valence-electron chi connectivity index (χ0n) is 9.34. The molecule has 2 N–H and O–H groups in total. The largest absolute Gasteiger partial charge is 0.366 e. The second kappa shape index (κ2) is 4.54. The Hall–Kier alpha value is -2.54. The van der Waals surface area contributed by atoms with E-state index < -0.39 is 5.91 Å². The summed E-state index contributed by atoms with van der Waals surface area (Å²) in [4.78, 5) is 15.0. The van der Waals surface area contributed by atoms with Crippen LogP contribution in [0.3, 0.4) is 0 Å². The van der Waals surface area contributed by atoms with Gasteiger partial charge in [-0.25, -0.2) is 4.98 Å². The summed E-state index contributed by atoms with van der Waals surface area (Å²) in [6.45, 7) is 0. The van der Waals surface area contributed by atoms with Crippen LogP contribution in [0.5, 0.6) is 0 Å². The van der Waals surface area contributed by atoms with Gasteiger partial charge in [-0.2, -0.15) is 0 Å². The number of amides is 1. The maximum atomic E-state index is 11.0. The van der Waals surface area contributed by atoms with Gasteiger partial charge in [-0.15, -0.1) is 0 Å². The fourth-order valence-corrected chi connectivity index (χ4v) is 1.36. The van der Waals surface area contributed by atoms with Crippen LogP contribution in [-0.4, -0.2) is 15.5 Å². The van der Waals surface area contributed by atoms with E-state index in [1.54, 1.807) is 30.7 Å². The Kier molecular flexibility index (Phi) is 2.93. The first-order valence-corrected chi connectivity index (χ1v) is 5.05. The van der Waals surface area contributed by atoms with Crippen molar-refractivity contribution in [2.24, 2.45) is 12.8 Å². The lowest BCUT2D eigenvalue weighted by Gasteiger charge is -1.95. The molecule has 0 saturated carbocycles. The molecule has 4 heteroatoms.